The molecule has 1 atom stereocenters. The molecule has 1 heterocycles. The number of hydrogen-bond acceptors (Lipinski definition) is 4. The monoisotopic (exact) mass is 429 g/mol. The van der Waals surface area contributed by atoms with E-state index in [1.54, 1.807) is 12.1 Å². The van der Waals surface area contributed by atoms with Gasteiger partial charge in [-0.05, 0) is 34.1 Å². The average Bonchev–Trinajstić information content (AvgIpc) is 2.56. The summed E-state index contributed by atoms with van der Waals surface area (Å²) >= 11 is 6.40. The van der Waals surface area contributed by atoms with Crippen LogP contribution in [0.2, 0.25) is 0 Å². The quantitative estimate of drug-likeness (QED) is 0.792. The zero-order valence-electron chi connectivity index (χ0n) is 9.38. The topological polar surface area (TPSA) is 80.3 Å². The van der Waals surface area contributed by atoms with Crippen LogP contribution in [-0.4, -0.2) is 28.6 Å². The van der Waals surface area contributed by atoms with Gasteiger partial charge in [-0.15, -0.1) is 0 Å². The molecule has 0 radical (unpaired) electrons. The standard InChI is InChI=1S/C10H9Br2NO4S2/c11-7-1-2-10(9(12)5-7)19(16,17)13-8-3-4-18(14,15)6-8/h1-5,8,13H,6H2. The van der Waals surface area contributed by atoms with Crippen LogP contribution in [0.5, 0.6) is 0 Å². The molecular weight excluding hydrogens is 422 g/mol. The maximum atomic E-state index is 12.1. The van der Waals surface area contributed by atoms with E-state index in [2.05, 4.69) is 36.6 Å². The van der Waals surface area contributed by atoms with Crippen LogP contribution in [-0.2, 0) is 19.9 Å². The van der Waals surface area contributed by atoms with Crippen molar-refractivity contribution < 1.29 is 16.8 Å². The molecule has 2 rings (SSSR count). The molecule has 0 aromatic heterocycles. The summed E-state index contributed by atoms with van der Waals surface area (Å²) in [6, 6.07) is 3.91. The first kappa shape index (κ1) is 15.2. The summed E-state index contributed by atoms with van der Waals surface area (Å²) < 4.78 is 50.3. The van der Waals surface area contributed by atoms with Crippen molar-refractivity contribution in [1.29, 1.82) is 0 Å². The third-order valence-electron chi connectivity index (χ3n) is 2.42. The van der Waals surface area contributed by atoms with Crippen LogP contribution >= 0.6 is 31.9 Å². The maximum Gasteiger partial charge on any atom is 0.242 e. The van der Waals surface area contributed by atoms with E-state index < -0.39 is 25.9 Å². The van der Waals surface area contributed by atoms with Gasteiger partial charge in [0.05, 0.1) is 16.7 Å². The molecule has 0 bridgehead atoms. The van der Waals surface area contributed by atoms with Crippen LogP contribution in [0.3, 0.4) is 0 Å². The van der Waals surface area contributed by atoms with Gasteiger partial charge >= 0.3 is 0 Å². The highest BCUT2D eigenvalue weighted by molar-refractivity contribution is 9.11. The van der Waals surface area contributed by atoms with E-state index in [1.807, 2.05) is 0 Å². The van der Waals surface area contributed by atoms with Gasteiger partial charge in [-0.2, -0.15) is 0 Å². The average molecular weight is 431 g/mol. The normalized spacial score (nSPS) is 21.7. The lowest BCUT2D eigenvalue weighted by molar-refractivity contribution is 0.574. The molecule has 0 spiro atoms. The minimum Gasteiger partial charge on any atom is -0.224 e. The Labute approximate surface area is 128 Å². The summed E-state index contributed by atoms with van der Waals surface area (Å²) in [7, 11) is -7.07. The van der Waals surface area contributed by atoms with Gasteiger partial charge in [0.1, 0.15) is 0 Å². The molecule has 0 amide bonds. The molecule has 9 heteroatoms. The molecule has 0 saturated carbocycles. The Hall–Kier alpha value is -0.220. The Morgan fingerprint density at radius 3 is 2.47 bits per heavy atom. The summed E-state index contributed by atoms with van der Waals surface area (Å²) in [6.07, 6.45) is 1.33. The van der Waals surface area contributed by atoms with Crippen molar-refractivity contribution in [3.63, 3.8) is 0 Å². The van der Waals surface area contributed by atoms with Gasteiger partial charge in [-0.25, -0.2) is 21.6 Å². The minimum absolute atomic E-state index is 0.0633. The molecule has 5 nitrogen and oxygen atoms in total. The summed E-state index contributed by atoms with van der Waals surface area (Å²) in [6.45, 7) is 0. The van der Waals surface area contributed by atoms with E-state index in [0.717, 1.165) is 9.88 Å². The van der Waals surface area contributed by atoms with Gasteiger partial charge in [0.25, 0.3) is 0 Å². The predicted octanol–water partition coefficient (Wildman–Crippen LogP) is 1.80. The van der Waals surface area contributed by atoms with Gasteiger partial charge in [0.15, 0.2) is 9.84 Å². The maximum absolute atomic E-state index is 12.1. The number of halogens is 2. The smallest absolute Gasteiger partial charge is 0.224 e. The van der Waals surface area contributed by atoms with Gasteiger partial charge in [0, 0.05) is 14.4 Å². The Morgan fingerprint density at radius 1 is 1.26 bits per heavy atom. The van der Waals surface area contributed by atoms with Crippen molar-refractivity contribution in [2.45, 2.75) is 10.9 Å². The van der Waals surface area contributed by atoms with Crippen molar-refractivity contribution in [3.8, 4) is 0 Å². The number of sulfone groups is 1. The lowest BCUT2D eigenvalue weighted by Crippen LogP contribution is -2.35. The van der Waals surface area contributed by atoms with Gasteiger partial charge < -0.3 is 0 Å². The number of nitrogens with one attached hydrogen (secondary N) is 1. The third kappa shape index (κ3) is 3.66. The third-order valence-corrected chi connectivity index (χ3v) is 6.78. The summed E-state index contributed by atoms with van der Waals surface area (Å²) in [5.41, 5.74) is 0. The lowest BCUT2D eigenvalue weighted by atomic mass is 10.4. The lowest BCUT2D eigenvalue weighted by Gasteiger charge is -2.12. The number of benzene rings is 1. The van der Waals surface area contributed by atoms with E-state index in [1.165, 1.54) is 12.1 Å². The number of sulfonamides is 1. The zero-order valence-corrected chi connectivity index (χ0v) is 14.2. The first-order valence-corrected chi connectivity index (χ1v) is 9.86. The second kappa shape index (κ2) is 5.28. The molecule has 1 N–H and O–H groups in total. The first-order valence-electron chi connectivity index (χ1n) is 5.08. The number of hydrogen-bond donors (Lipinski definition) is 1. The molecule has 1 aliphatic rings. The highest BCUT2D eigenvalue weighted by Gasteiger charge is 2.27. The van der Waals surface area contributed by atoms with Gasteiger partial charge in [0.2, 0.25) is 10.0 Å². The fraction of sp³-hybridized carbons (Fsp3) is 0.200. The molecule has 0 saturated heterocycles. The predicted molar refractivity (Wildman–Crippen MR) is 78.9 cm³/mol. The highest BCUT2D eigenvalue weighted by atomic mass is 79.9. The second-order valence-electron chi connectivity index (χ2n) is 3.96. The van der Waals surface area contributed by atoms with Gasteiger partial charge in [-0.1, -0.05) is 22.0 Å². The van der Waals surface area contributed by atoms with Crippen molar-refractivity contribution in [2.75, 3.05) is 5.75 Å². The summed E-state index contributed by atoms with van der Waals surface area (Å²) in [5.74, 6) is -0.250. The van der Waals surface area contributed by atoms with Crippen LogP contribution in [0.4, 0.5) is 0 Å². The van der Waals surface area contributed by atoms with E-state index in [4.69, 9.17) is 0 Å². The second-order valence-corrected chi connectivity index (χ2v) is 9.34. The van der Waals surface area contributed by atoms with Crippen LogP contribution in [0, 0.1) is 0 Å². The molecule has 1 aromatic carbocycles. The molecular formula is C10H9Br2NO4S2. The van der Waals surface area contributed by atoms with Crippen molar-refractivity contribution in [3.05, 3.63) is 38.6 Å². The SMILES string of the molecule is O=S1(=O)C=CC(NS(=O)(=O)c2ccc(Br)cc2Br)C1. The highest BCUT2D eigenvalue weighted by Crippen LogP contribution is 2.26. The van der Waals surface area contributed by atoms with E-state index >= 15 is 0 Å². The van der Waals surface area contributed by atoms with E-state index in [0.29, 0.717) is 4.47 Å². The van der Waals surface area contributed by atoms with Crippen molar-refractivity contribution >= 4 is 51.7 Å². The summed E-state index contributed by atoms with van der Waals surface area (Å²) in [4.78, 5) is 0.0633. The number of rotatable bonds is 3. The van der Waals surface area contributed by atoms with Crippen LogP contribution in [0.1, 0.15) is 0 Å². The molecule has 1 aliphatic heterocycles. The van der Waals surface area contributed by atoms with Crippen LogP contribution in [0.25, 0.3) is 0 Å². The van der Waals surface area contributed by atoms with Crippen LogP contribution < -0.4 is 4.72 Å². The van der Waals surface area contributed by atoms with Gasteiger partial charge in [-0.3, -0.25) is 0 Å². The minimum atomic E-state index is -3.77. The summed E-state index contributed by atoms with van der Waals surface area (Å²) in [5, 5.41) is 1.02. The van der Waals surface area contributed by atoms with E-state index in [-0.39, 0.29) is 10.6 Å². The molecule has 19 heavy (non-hydrogen) atoms. The molecule has 104 valence electrons. The molecule has 1 aromatic rings. The first-order chi connectivity index (χ1) is 8.70. The largest absolute Gasteiger partial charge is 0.242 e. The molecule has 0 fully saturated rings. The zero-order chi connectivity index (χ0) is 14.3. The Morgan fingerprint density at radius 2 is 1.95 bits per heavy atom. The Bertz CT molecular complexity index is 741. The fourth-order valence-corrected chi connectivity index (χ4v) is 5.88. The van der Waals surface area contributed by atoms with Crippen molar-refractivity contribution in [2.24, 2.45) is 0 Å². The Kier molecular flexibility index (Phi) is 4.22. The molecule has 1 unspecified atom stereocenters. The van der Waals surface area contributed by atoms with Crippen molar-refractivity contribution in [1.82, 2.24) is 4.72 Å². The fourth-order valence-electron chi connectivity index (χ4n) is 1.61. The molecule has 0 aliphatic carbocycles. The van der Waals surface area contributed by atoms with Crippen LogP contribution in [0.15, 0.2) is 43.5 Å². The van der Waals surface area contributed by atoms with E-state index in [9.17, 15) is 16.8 Å². The Balaban J connectivity index is 2.27.